The molecule has 0 spiro atoms. The molecule has 0 fully saturated rings. The molecule has 1 aromatic carbocycles. The fraction of sp³-hybridized carbons (Fsp3) is 0.381. The predicted molar refractivity (Wildman–Crippen MR) is 116 cm³/mol. The van der Waals surface area contributed by atoms with Crippen molar-refractivity contribution in [3.05, 3.63) is 45.1 Å². The maximum absolute atomic E-state index is 13.7. The van der Waals surface area contributed by atoms with Crippen LogP contribution in [0.3, 0.4) is 0 Å². The van der Waals surface area contributed by atoms with E-state index in [1.165, 1.54) is 0 Å². The Morgan fingerprint density at radius 3 is 2.50 bits per heavy atom. The molecular weight excluding hydrogens is 393 g/mol. The van der Waals surface area contributed by atoms with E-state index < -0.39 is 13.5 Å². The van der Waals surface area contributed by atoms with Crippen molar-refractivity contribution in [1.29, 1.82) is 0 Å². The van der Waals surface area contributed by atoms with Crippen molar-refractivity contribution >= 4 is 35.8 Å². The van der Waals surface area contributed by atoms with Gasteiger partial charge in [0.05, 0.1) is 22.5 Å². The lowest BCUT2D eigenvalue weighted by atomic mass is 9.98. The summed E-state index contributed by atoms with van der Waals surface area (Å²) in [7, 11) is -3.51. The Bertz CT molecular complexity index is 992. The highest BCUT2D eigenvalue weighted by molar-refractivity contribution is 7.68. The predicted octanol–water partition coefficient (Wildman–Crippen LogP) is 5.43. The summed E-state index contributed by atoms with van der Waals surface area (Å²) in [5.41, 5.74) is 1.92. The molecule has 1 aromatic heterocycles. The third kappa shape index (κ3) is 5.48. The van der Waals surface area contributed by atoms with E-state index in [4.69, 9.17) is 4.52 Å². The van der Waals surface area contributed by atoms with Gasteiger partial charge in [-0.3, -0.25) is 4.57 Å². The van der Waals surface area contributed by atoms with E-state index in [1.807, 2.05) is 46.8 Å². The van der Waals surface area contributed by atoms with Crippen molar-refractivity contribution in [3.63, 3.8) is 0 Å². The molecular formula is C21H26NO4PS. The largest absolute Gasteiger partial charge is 0.477 e. The van der Waals surface area contributed by atoms with Crippen LogP contribution in [-0.4, -0.2) is 17.7 Å². The smallest absolute Gasteiger partial charge is 0.348 e. The first-order valence-electron chi connectivity index (χ1n) is 8.96. The van der Waals surface area contributed by atoms with Gasteiger partial charge in [-0.2, -0.15) is 0 Å². The lowest BCUT2D eigenvalue weighted by molar-refractivity contribution is 0.0703. The van der Waals surface area contributed by atoms with Gasteiger partial charge in [0.1, 0.15) is 4.88 Å². The van der Waals surface area contributed by atoms with Crippen LogP contribution in [0.25, 0.3) is 0 Å². The molecule has 0 saturated carbocycles. The normalized spacial score (nSPS) is 13.4. The average Bonchev–Trinajstić information content (AvgIpc) is 2.95. The summed E-state index contributed by atoms with van der Waals surface area (Å²) < 4.78 is 19.3. The van der Waals surface area contributed by atoms with Crippen LogP contribution in [0.2, 0.25) is 0 Å². The van der Waals surface area contributed by atoms with Crippen LogP contribution in [0.15, 0.2) is 24.3 Å². The van der Waals surface area contributed by atoms with Crippen LogP contribution in [-0.2, 0) is 9.09 Å². The highest BCUT2D eigenvalue weighted by Crippen LogP contribution is 2.48. The molecule has 1 heterocycles. The summed E-state index contributed by atoms with van der Waals surface area (Å²) in [5, 5.41) is 13.0. The minimum Gasteiger partial charge on any atom is -0.477 e. The SMILES string of the molecule is CCOP(=O)(Nc1cc(C#CC(C)(C)C)sc1C(=O)O)c1ccc(C)cc1C. The van der Waals surface area contributed by atoms with Gasteiger partial charge in [-0.1, -0.05) is 29.5 Å². The van der Waals surface area contributed by atoms with E-state index in [0.29, 0.717) is 10.2 Å². The molecule has 2 aromatic rings. The first kappa shape index (κ1) is 22.2. The first-order valence-corrected chi connectivity index (χ1v) is 11.4. The molecule has 0 amide bonds. The van der Waals surface area contributed by atoms with E-state index >= 15 is 0 Å². The zero-order chi connectivity index (χ0) is 21.1. The number of thiophene rings is 1. The van der Waals surface area contributed by atoms with Gasteiger partial charge in [0.15, 0.2) is 0 Å². The third-order valence-corrected chi connectivity index (χ3v) is 7.07. The maximum atomic E-state index is 13.7. The first-order chi connectivity index (χ1) is 12.9. The highest BCUT2D eigenvalue weighted by Gasteiger charge is 2.30. The van der Waals surface area contributed by atoms with Crippen molar-refractivity contribution in [3.8, 4) is 11.8 Å². The average molecular weight is 419 g/mol. The van der Waals surface area contributed by atoms with Gasteiger partial charge >= 0.3 is 13.5 Å². The molecule has 2 N–H and O–H groups in total. The number of benzene rings is 1. The molecule has 28 heavy (non-hydrogen) atoms. The van der Waals surface area contributed by atoms with E-state index in [2.05, 4.69) is 16.9 Å². The Balaban J connectivity index is 2.52. The van der Waals surface area contributed by atoms with E-state index in [-0.39, 0.29) is 22.6 Å². The second-order valence-electron chi connectivity index (χ2n) is 7.53. The number of nitrogens with one attached hydrogen (secondary N) is 1. The van der Waals surface area contributed by atoms with Crippen molar-refractivity contribution < 1.29 is 19.0 Å². The van der Waals surface area contributed by atoms with E-state index in [9.17, 15) is 14.5 Å². The van der Waals surface area contributed by atoms with Gasteiger partial charge in [0.2, 0.25) is 0 Å². The van der Waals surface area contributed by atoms with Crippen molar-refractivity contribution in [1.82, 2.24) is 0 Å². The number of carbonyl (C=O) groups is 1. The fourth-order valence-corrected chi connectivity index (χ4v) is 5.44. The van der Waals surface area contributed by atoms with Crippen LogP contribution in [0.4, 0.5) is 5.69 Å². The lowest BCUT2D eigenvalue weighted by Gasteiger charge is -2.22. The van der Waals surface area contributed by atoms with E-state index in [1.54, 1.807) is 19.1 Å². The summed E-state index contributed by atoms with van der Waals surface area (Å²) >= 11 is 1.06. The van der Waals surface area contributed by atoms with Gasteiger partial charge in [0.25, 0.3) is 0 Å². The molecule has 0 saturated heterocycles. The van der Waals surface area contributed by atoms with Crippen molar-refractivity contribution in [2.45, 2.75) is 41.5 Å². The van der Waals surface area contributed by atoms with Crippen molar-refractivity contribution in [2.24, 2.45) is 5.41 Å². The van der Waals surface area contributed by atoms with Gasteiger partial charge in [0, 0.05) is 5.41 Å². The minimum absolute atomic E-state index is 0.0582. The third-order valence-electron chi connectivity index (χ3n) is 3.74. The molecule has 0 aliphatic carbocycles. The van der Waals surface area contributed by atoms with Gasteiger partial charge in [-0.15, -0.1) is 11.3 Å². The van der Waals surface area contributed by atoms with Crippen LogP contribution in [0, 0.1) is 31.1 Å². The molecule has 2 rings (SSSR count). The van der Waals surface area contributed by atoms with Gasteiger partial charge in [-0.25, -0.2) is 4.79 Å². The monoisotopic (exact) mass is 419 g/mol. The summed E-state index contributed by atoms with van der Waals surface area (Å²) in [6.07, 6.45) is 0. The summed E-state index contributed by atoms with van der Waals surface area (Å²) in [6, 6.07) is 7.18. The van der Waals surface area contributed by atoms with Crippen LogP contribution >= 0.6 is 18.9 Å². The van der Waals surface area contributed by atoms with Crippen molar-refractivity contribution in [2.75, 3.05) is 11.7 Å². The standard InChI is InChI=1S/C21H26NO4PS/c1-7-26-27(25,18-9-8-14(2)12-15(18)3)22-17-13-16(10-11-21(4,5)6)28-19(17)20(23)24/h8-9,12-13H,7H2,1-6H3,(H,22,25)(H,23,24). The molecule has 0 aliphatic heterocycles. The molecule has 7 heteroatoms. The molecule has 150 valence electrons. The Hall–Kier alpha value is -2.06. The topological polar surface area (TPSA) is 75.6 Å². The lowest BCUT2D eigenvalue weighted by Crippen LogP contribution is -2.18. The molecule has 1 unspecified atom stereocenters. The molecule has 1 atom stereocenters. The number of anilines is 1. The summed E-state index contributed by atoms with van der Waals surface area (Å²) in [5.74, 6) is 5.01. The maximum Gasteiger partial charge on any atom is 0.348 e. The number of rotatable bonds is 6. The number of carboxylic acid groups (broad SMARTS) is 1. The molecule has 5 nitrogen and oxygen atoms in total. The minimum atomic E-state index is -3.51. The molecule has 0 aliphatic rings. The number of aromatic carboxylic acids is 1. The number of aryl methyl sites for hydroxylation is 2. The number of hydrogen-bond donors (Lipinski definition) is 2. The zero-order valence-corrected chi connectivity index (χ0v) is 18.8. The fourth-order valence-electron chi connectivity index (χ4n) is 2.58. The number of hydrogen-bond acceptors (Lipinski definition) is 4. The second kappa shape index (κ2) is 8.53. The highest BCUT2D eigenvalue weighted by atomic mass is 32.1. The zero-order valence-electron chi connectivity index (χ0n) is 17.0. The Morgan fingerprint density at radius 1 is 1.29 bits per heavy atom. The molecule has 0 radical (unpaired) electrons. The Kier molecular flexibility index (Phi) is 6.77. The van der Waals surface area contributed by atoms with Crippen LogP contribution in [0.1, 0.15) is 53.4 Å². The van der Waals surface area contributed by atoms with Gasteiger partial charge in [-0.05, 0) is 59.2 Å². The van der Waals surface area contributed by atoms with Gasteiger partial charge < -0.3 is 14.7 Å². The number of carboxylic acids is 1. The van der Waals surface area contributed by atoms with Crippen LogP contribution in [0.5, 0.6) is 0 Å². The molecule has 0 bridgehead atoms. The van der Waals surface area contributed by atoms with Crippen LogP contribution < -0.4 is 10.4 Å². The second-order valence-corrected chi connectivity index (χ2v) is 10.6. The summed E-state index contributed by atoms with van der Waals surface area (Å²) in [6.45, 7) is 11.7. The quantitative estimate of drug-likeness (QED) is 0.482. The Labute approximate surface area is 170 Å². The van der Waals surface area contributed by atoms with E-state index in [0.717, 1.165) is 22.5 Å². The summed E-state index contributed by atoms with van der Waals surface area (Å²) in [4.78, 5) is 12.4. The Morgan fingerprint density at radius 2 is 1.96 bits per heavy atom.